The van der Waals surface area contributed by atoms with Crippen molar-refractivity contribution in [3.8, 4) is 0 Å². The third-order valence-corrected chi connectivity index (χ3v) is 5.41. The minimum Gasteiger partial charge on any atom is -0.347 e. The topological polar surface area (TPSA) is 69.7 Å². The second-order valence-electron chi connectivity index (χ2n) is 8.06. The first kappa shape index (κ1) is 22.5. The van der Waals surface area contributed by atoms with E-state index < -0.39 is 6.04 Å². The van der Waals surface area contributed by atoms with Gasteiger partial charge in [0.15, 0.2) is 0 Å². The zero-order valence-electron chi connectivity index (χ0n) is 18.2. The van der Waals surface area contributed by atoms with Crippen LogP contribution in [-0.4, -0.2) is 47.7 Å². The van der Waals surface area contributed by atoms with Crippen LogP contribution < -0.4 is 5.32 Å². The maximum atomic E-state index is 13.2. The van der Waals surface area contributed by atoms with E-state index in [0.29, 0.717) is 24.1 Å². The number of hydrogen-bond acceptors (Lipinski definition) is 3. The van der Waals surface area contributed by atoms with Crippen LogP contribution in [0.4, 0.5) is 10.1 Å². The highest BCUT2D eigenvalue weighted by Gasteiger charge is 2.35. The Kier molecular flexibility index (Phi) is 7.05. The van der Waals surface area contributed by atoms with Crippen LogP contribution >= 0.6 is 0 Å². The highest BCUT2D eigenvalue weighted by Crippen LogP contribution is 2.28. The predicted octanol–water partition coefficient (Wildman–Crippen LogP) is 3.15. The molecule has 2 aromatic rings. The van der Waals surface area contributed by atoms with E-state index in [1.807, 2.05) is 25.1 Å². The first-order valence-corrected chi connectivity index (χ1v) is 10.4. The van der Waals surface area contributed by atoms with Crippen molar-refractivity contribution in [2.24, 2.45) is 0 Å². The molecule has 0 saturated carbocycles. The van der Waals surface area contributed by atoms with Crippen LogP contribution in [-0.2, 0) is 33.8 Å². The third kappa shape index (κ3) is 5.48. The molecule has 1 heterocycles. The summed E-state index contributed by atoms with van der Waals surface area (Å²) >= 11 is 0. The Morgan fingerprint density at radius 3 is 2.45 bits per heavy atom. The van der Waals surface area contributed by atoms with Gasteiger partial charge in [0.05, 0.1) is 6.42 Å². The van der Waals surface area contributed by atoms with Crippen molar-refractivity contribution in [2.75, 3.05) is 19.4 Å². The van der Waals surface area contributed by atoms with E-state index in [1.165, 1.54) is 17.0 Å². The van der Waals surface area contributed by atoms with Gasteiger partial charge in [-0.3, -0.25) is 14.4 Å². The molecule has 6 nitrogen and oxygen atoms in total. The number of carbonyl (C=O) groups excluding carboxylic acids is 3. The van der Waals surface area contributed by atoms with Crippen molar-refractivity contribution in [3.63, 3.8) is 0 Å². The molecule has 3 amide bonds. The number of hydrogen-bond donors (Lipinski definition) is 1. The van der Waals surface area contributed by atoms with E-state index in [2.05, 4.69) is 5.32 Å². The maximum absolute atomic E-state index is 13.2. The number of nitrogens with one attached hydrogen (secondary N) is 1. The van der Waals surface area contributed by atoms with Crippen LogP contribution in [0.3, 0.4) is 0 Å². The van der Waals surface area contributed by atoms with Crippen LogP contribution in [0, 0.1) is 5.82 Å². The van der Waals surface area contributed by atoms with Crippen molar-refractivity contribution in [1.82, 2.24) is 9.80 Å². The number of anilines is 1. The lowest BCUT2D eigenvalue weighted by Crippen LogP contribution is -2.52. The number of amides is 3. The summed E-state index contributed by atoms with van der Waals surface area (Å²) in [5, 5.41) is 2.88. The molecule has 0 aliphatic carbocycles. The number of nitrogens with zero attached hydrogens (tertiary/aromatic N) is 2. The Balaban J connectivity index is 1.85. The van der Waals surface area contributed by atoms with Crippen LogP contribution in [0.1, 0.15) is 36.5 Å². The van der Waals surface area contributed by atoms with Crippen molar-refractivity contribution >= 4 is 23.4 Å². The standard InChI is InChI=1S/C24H28FN3O3/c1-4-5-22(29)26-20-11-8-17-14-21(24(31)27(2)3)28(15-18(17)13-20)23(30)12-16-6-9-19(25)10-7-16/h6-11,13,21H,4-5,12,14-15H2,1-3H3,(H,26,29). The molecule has 0 saturated heterocycles. The molecule has 0 fully saturated rings. The van der Waals surface area contributed by atoms with Gasteiger partial charge in [0, 0.05) is 39.2 Å². The summed E-state index contributed by atoms with van der Waals surface area (Å²) < 4.78 is 13.2. The largest absolute Gasteiger partial charge is 0.347 e. The number of halogens is 1. The number of benzene rings is 2. The number of rotatable bonds is 6. The molecular weight excluding hydrogens is 397 g/mol. The fraction of sp³-hybridized carbons (Fsp3) is 0.375. The lowest BCUT2D eigenvalue weighted by Gasteiger charge is -2.37. The van der Waals surface area contributed by atoms with E-state index in [-0.39, 0.29) is 36.5 Å². The molecule has 0 radical (unpaired) electrons. The lowest BCUT2D eigenvalue weighted by atomic mass is 9.92. The van der Waals surface area contributed by atoms with Gasteiger partial charge in [-0.1, -0.05) is 25.1 Å². The second-order valence-corrected chi connectivity index (χ2v) is 8.06. The summed E-state index contributed by atoms with van der Waals surface area (Å²) in [6.07, 6.45) is 1.69. The minimum atomic E-state index is -0.601. The average molecular weight is 426 g/mol. The Morgan fingerprint density at radius 2 is 1.81 bits per heavy atom. The van der Waals surface area contributed by atoms with Crippen LogP contribution in [0.25, 0.3) is 0 Å². The molecule has 1 aliphatic heterocycles. The van der Waals surface area contributed by atoms with Gasteiger partial charge in [-0.15, -0.1) is 0 Å². The SMILES string of the molecule is CCCC(=O)Nc1ccc2c(c1)CN(C(=O)Cc1ccc(F)cc1)C(C(=O)N(C)C)C2. The summed E-state index contributed by atoms with van der Waals surface area (Å²) in [6, 6.07) is 10.8. The van der Waals surface area contributed by atoms with Gasteiger partial charge in [0.1, 0.15) is 11.9 Å². The minimum absolute atomic E-state index is 0.0526. The monoisotopic (exact) mass is 425 g/mol. The summed E-state index contributed by atoms with van der Waals surface area (Å²) in [7, 11) is 3.35. The lowest BCUT2D eigenvalue weighted by molar-refractivity contribution is -0.145. The van der Waals surface area contributed by atoms with E-state index in [1.54, 1.807) is 31.1 Å². The Labute approximate surface area is 182 Å². The zero-order valence-corrected chi connectivity index (χ0v) is 18.2. The quantitative estimate of drug-likeness (QED) is 0.773. The maximum Gasteiger partial charge on any atom is 0.245 e. The van der Waals surface area contributed by atoms with Crippen molar-refractivity contribution in [3.05, 3.63) is 65.0 Å². The Hall–Kier alpha value is -3.22. The summed E-state index contributed by atoms with van der Waals surface area (Å²) in [4.78, 5) is 41.0. The van der Waals surface area contributed by atoms with Crippen molar-refractivity contribution in [2.45, 2.75) is 45.2 Å². The number of carbonyl (C=O) groups is 3. The number of fused-ring (bicyclic) bond motifs is 1. The smallest absolute Gasteiger partial charge is 0.245 e. The van der Waals surface area contributed by atoms with E-state index in [0.717, 1.165) is 17.5 Å². The average Bonchev–Trinajstić information content (AvgIpc) is 2.74. The van der Waals surface area contributed by atoms with Gasteiger partial charge in [-0.2, -0.15) is 0 Å². The van der Waals surface area contributed by atoms with Crippen molar-refractivity contribution in [1.29, 1.82) is 0 Å². The molecule has 1 atom stereocenters. The van der Waals surface area contributed by atoms with Crippen molar-refractivity contribution < 1.29 is 18.8 Å². The molecule has 1 aliphatic rings. The normalized spacial score (nSPS) is 15.2. The fourth-order valence-corrected chi connectivity index (χ4v) is 3.77. The molecular formula is C24H28FN3O3. The van der Waals surface area contributed by atoms with Gasteiger partial charge in [0.25, 0.3) is 0 Å². The summed E-state index contributed by atoms with van der Waals surface area (Å²) in [6.45, 7) is 2.22. The van der Waals surface area contributed by atoms with Crippen LogP contribution in [0.2, 0.25) is 0 Å². The molecule has 1 unspecified atom stereocenters. The Bertz CT molecular complexity index is 973. The molecule has 1 N–H and O–H groups in total. The zero-order chi connectivity index (χ0) is 22.5. The summed E-state index contributed by atoms with van der Waals surface area (Å²) in [5.74, 6) is -0.749. The van der Waals surface area contributed by atoms with Gasteiger partial charge in [-0.05, 0) is 47.4 Å². The van der Waals surface area contributed by atoms with Crippen LogP contribution in [0.5, 0.6) is 0 Å². The van der Waals surface area contributed by atoms with E-state index in [4.69, 9.17) is 0 Å². The first-order valence-electron chi connectivity index (χ1n) is 10.4. The molecule has 0 aromatic heterocycles. The molecule has 7 heteroatoms. The Morgan fingerprint density at radius 1 is 1.10 bits per heavy atom. The van der Waals surface area contributed by atoms with Gasteiger partial charge >= 0.3 is 0 Å². The first-order chi connectivity index (χ1) is 14.8. The van der Waals surface area contributed by atoms with E-state index in [9.17, 15) is 18.8 Å². The fourth-order valence-electron chi connectivity index (χ4n) is 3.77. The van der Waals surface area contributed by atoms with Gasteiger partial charge in [-0.25, -0.2) is 4.39 Å². The van der Waals surface area contributed by atoms with Gasteiger partial charge < -0.3 is 15.1 Å². The molecule has 2 aromatic carbocycles. The number of likely N-dealkylation sites (N-methyl/N-ethyl adjacent to an activating group) is 1. The summed E-state index contributed by atoms with van der Waals surface area (Å²) in [5.41, 5.74) is 3.26. The highest BCUT2D eigenvalue weighted by molar-refractivity contribution is 5.91. The predicted molar refractivity (Wildman–Crippen MR) is 117 cm³/mol. The molecule has 0 bridgehead atoms. The third-order valence-electron chi connectivity index (χ3n) is 5.41. The van der Waals surface area contributed by atoms with E-state index >= 15 is 0 Å². The molecule has 31 heavy (non-hydrogen) atoms. The molecule has 0 spiro atoms. The molecule has 3 rings (SSSR count). The van der Waals surface area contributed by atoms with Gasteiger partial charge in [0.2, 0.25) is 17.7 Å². The molecule has 164 valence electrons. The highest BCUT2D eigenvalue weighted by atomic mass is 19.1. The van der Waals surface area contributed by atoms with Crippen LogP contribution in [0.15, 0.2) is 42.5 Å². The second kappa shape index (κ2) is 9.73.